The number of hydrogen-bond donors (Lipinski definition) is 1. The average Bonchev–Trinajstić information content (AvgIpc) is 2.72. The number of nitro groups is 1. The van der Waals surface area contributed by atoms with Gasteiger partial charge in [-0.1, -0.05) is 23.7 Å². The Bertz CT molecular complexity index is 893. The summed E-state index contributed by atoms with van der Waals surface area (Å²) in [5, 5.41) is 14.0. The largest absolute Gasteiger partial charge is 0.348 e. The number of halogens is 1. The van der Waals surface area contributed by atoms with Gasteiger partial charge in [0.25, 0.3) is 17.5 Å². The van der Waals surface area contributed by atoms with Crippen LogP contribution >= 0.6 is 11.6 Å². The first kappa shape index (κ1) is 19.8. The van der Waals surface area contributed by atoms with Crippen molar-refractivity contribution in [3.63, 3.8) is 0 Å². The number of amides is 2. The Balaban J connectivity index is 1.63. The molecule has 1 fully saturated rings. The van der Waals surface area contributed by atoms with Crippen LogP contribution in [0.4, 0.5) is 5.69 Å². The highest BCUT2D eigenvalue weighted by Crippen LogP contribution is 2.23. The van der Waals surface area contributed by atoms with Crippen molar-refractivity contribution in [1.29, 1.82) is 0 Å². The first-order valence-corrected chi connectivity index (χ1v) is 9.44. The van der Waals surface area contributed by atoms with Gasteiger partial charge in [-0.25, -0.2) is 0 Å². The van der Waals surface area contributed by atoms with Crippen molar-refractivity contribution in [2.45, 2.75) is 25.8 Å². The number of nitrogens with one attached hydrogen (secondary N) is 1. The minimum Gasteiger partial charge on any atom is -0.348 e. The fourth-order valence-electron chi connectivity index (χ4n) is 3.17. The van der Waals surface area contributed by atoms with Crippen LogP contribution in [0.15, 0.2) is 42.5 Å². The molecule has 0 aromatic heterocycles. The van der Waals surface area contributed by atoms with Crippen LogP contribution in [0.1, 0.15) is 45.5 Å². The predicted octanol–water partition coefficient (Wildman–Crippen LogP) is 3.80. The Kier molecular flexibility index (Phi) is 6.26. The van der Waals surface area contributed by atoms with Gasteiger partial charge in [0.05, 0.1) is 4.92 Å². The van der Waals surface area contributed by atoms with Gasteiger partial charge in [-0.3, -0.25) is 19.7 Å². The number of benzene rings is 2. The Labute approximate surface area is 167 Å². The van der Waals surface area contributed by atoms with E-state index in [-0.39, 0.29) is 28.7 Å². The Morgan fingerprint density at radius 1 is 1.07 bits per heavy atom. The molecule has 0 saturated carbocycles. The molecule has 1 aliphatic rings. The second kappa shape index (κ2) is 8.84. The van der Waals surface area contributed by atoms with Crippen LogP contribution in [0.3, 0.4) is 0 Å². The number of nitrogens with zero attached hydrogens (tertiary/aromatic N) is 2. The molecular weight excluding hydrogens is 382 g/mol. The molecule has 28 heavy (non-hydrogen) atoms. The molecule has 0 aliphatic carbocycles. The third-order valence-corrected chi connectivity index (χ3v) is 4.93. The summed E-state index contributed by atoms with van der Waals surface area (Å²) in [5.74, 6) is -0.538. The molecule has 0 spiro atoms. The molecule has 2 aromatic carbocycles. The van der Waals surface area contributed by atoms with Gasteiger partial charge in [-0.05, 0) is 49.1 Å². The number of piperidine rings is 1. The number of nitro benzene ring substituents is 1. The van der Waals surface area contributed by atoms with E-state index in [9.17, 15) is 19.7 Å². The third-order valence-electron chi connectivity index (χ3n) is 4.70. The standard InChI is InChI=1S/C20H20ClN3O4/c21-16-8-9-17(18(12-16)24(27)28)19(25)22-13-14-4-6-15(7-5-14)20(26)23-10-2-1-3-11-23/h4-9,12H,1-3,10-11,13H2,(H,22,25). The summed E-state index contributed by atoms with van der Waals surface area (Å²) in [6.45, 7) is 1.77. The van der Waals surface area contributed by atoms with E-state index in [1.165, 1.54) is 12.1 Å². The fraction of sp³-hybridized carbons (Fsp3) is 0.300. The van der Waals surface area contributed by atoms with Crippen molar-refractivity contribution in [3.05, 3.63) is 74.3 Å². The monoisotopic (exact) mass is 401 g/mol. The molecule has 2 amide bonds. The summed E-state index contributed by atoms with van der Waals surface area (Å²) in [7, 11) is 0. The first-order chi connectivity index (χ1) is 13.5. The number of rotatable bonds is 5. The maximum Gasteiger partial charge on any atom is 0.283 e. The van der Waals surface area contributed by atoms with Crippen LogP contribution in [0.5, 0.6) is 0 Å². The zero-order chi connectivity index (χ0) is 20.1. The van der Waals surface area contributed by atoms with Gasteiger partial charge in [0.2, 0.25) is 0 Å². The van der Waals surface area contributed by atoms with Crippen LogP contribution in [0, 0.1) is 10.1 Å². The van der Waals surface area contributed by atoms with E-state index in [0.29, 0.717) is 5.56 Å². The van der Waals surface area contributed by atoms with Crippen LogP contribution in [0.25, 0.3) is 0 Å². The summed E-state index contributed by atoms with van der Waals surface area (Å²) in [4.78, 5) is 37.1. The van der Waals surface area contributed by atoms with Crippen molar-refractivity contribution in [2.24, 2.45) is 0 Å². The average molecular weight is 402 g/mol. The van der Waals surface area contributed by atoms with Gasteiger partial charge in [0.15, 0.2) is 0 Å². The van der Waals surface area contributed by atoms with E-state index < -0.39 is 10.8 Å². The van der Waals surface area contributed by atoms with Crippen LogP contribution < -0.4 is 5.32 Å². The summed E-state index contributed by atoms with van der Waals surface area (Å²) in [5.41, 5.74) is 1.02. The van der Waals surface area contributed by atoms with Gasteiger partial charge in [-0.15, -0.1) is 0 Å². The zero-order valence-electron chi connectivity index (χ0n) is 15.2. The van der Waals surface area contributed by atoms with Crippen molar-refractivity contribution >= 4 is 29.1 Å². The van der Waals surface area contributed by atoms with Crippen LogP contribution in [0.2, 0.25) is 5.02 Å². The van der Waals surface area contributed by atoms with Crippen LogP contribution in [-0.4, -0.2) is 34.7 Å². The van der Waals surface area contributed by atoms with E-state index in [1.807, 2.05) is 4.90 Å². The maximum absolute atomic E-state index is 12.5. The second-order valence-corrected chi connectivity index (χ2v) is 7.09. The molecule has 0 atom stereocenters. The maximum atomic E-state index is 12.5. The molecule has 0 unspecified atom stereocenters. The molecular formula is C20H20ClN3O4. The SMILES string of the molecule is O=C(NCc1ccc(C(=O)N2CCCCC2)cc1)c1ccc(Cl)cc1[N+](=O)[O-]. The lowest BCUT2D eigenvalue weighted by molar-refractivity contribution is -0.385. The Morgan fingerprint density at radius 2 is 1.75 bits per heavy atom. The summed E-state index contributed by atoms with van der Waals surface area (Å²) < 4.78 is 0. The summed E-state index contributed by atoms with van der Waals surface area (Å²) in [6.07, 6.45) is 3.23. The van der Waals surface area contributed by atoms with E-state index in [1.54, 1.807) is 24.3 Å². The van der Waals surface area contributed by atoms with E-state index in [0.717, 1.165) is 44.0 Å². The van der Waals surface area contributed by atoms with Crippen molar-refractivity contribution in [3.8, 4) is 0 Å². The molecule has 7 nitrogen and oxygen atoms in total. The van der Waals surface area contributed by atoms with Crippen LogP contribution in [-0.2, 0) is 6.54 Å². The fourth-order valence-corrected chi connectivity index (χ4v) is 3.34. The number of carbonyl (C=O) groups is 2. The second-order valence-electron chi connectivity index (χ2n) is 6.65. The Hall–Kier alpha value is -2.93. The van der Waals surface area contributed by atoms with Crippen molar-refractivity contribution in [2.75, 3.05) is 13.1 Å². The predicted molar refractivity (Wildman–Crippen MR) is 105 cm³/mol. The number of hydrogen-bond acceptors (Lipinski definition) is 4. The highest BCUT2D eigenvalue weighted by Gasteiger charge is 2.21. The third kappa shape index (κ3) is 4.67. The molecule has 1 heterocycles. The molecule has 146 valence electrons. The lowest BCUT2D eigenvalue weighted by Crippen LogP contribution is -2.35. The zero-order valence-corrected chi connectivity index (χ0v) is 15.9. The molecule has 1 N–H and O–H groups in total. The normalized spacial score (nSPS) is 13.8. The molecule has 0 bridgehead atoms. The first-order valence-electron chi connectivity index (χ1n) is 9.06. The smallest absolute Gasteiger partial charge is 0.283 e. The van der Waals surface area contributed by atoms with E-state index in [4.69, 9.17) is 11.6 Å². The Morgan fingerprint density at radius 3 is 2.39 bits per heavy atom. The van der Waals surface area contributed by atoms with Gasteiger partial charge in [-0.2, -0.15) is 0 Å². The minimum absolute atomic E-state index is 0.0204. The minimum atomic E-state index is -0.637. The van der Waals surface area contributed by atoms with Crippen molar-refractivity contribution in [1.82, 2.24) is 10.2 Å². The van der Waals surface area contributed by atoms with Gasteiger partial charge in [0, 0.05) is 36.3 Å². The lowest BCUT2D eigenvalue weighted by Gasteiger charge is -2.26. The molecule has 2 aromatic rings. The van der Waals surface area contributed by atoms with Gasteiger partial charge in [0.1, 0.15) is 5.56 Å². The number of carbonyl (C=O) groups excluding carboxylic acids is 2. The molecule has 8 heteroatoms. The molecule has 3 rings (SSSR count). The van der Waals surface area contributed by atoms with Gasteiger partial charge >= 0.3 is 0 Å². The molecule has 0 radical (unpaired) electrons. The van der Waals surface area contributed by atoms with Gasteiger partial charge < -0.3 is 10.2 Å². The summed E-state index contributed by atoms with van der Waals surface area (Å²) in [6, 6.07) is 10.9. The molecule has 1 aliphatic heterocycles. The number of likely N-dealkylation sites (tertiary alicyclic amines) is 1. The van der Waals surface area contributed by atoms with Crippen molar-refractivity contribution < 1.29 is 14.5 Å². The quantitative estimate of drug-likeness (QED) is 0.609. The van der Waals surface area contributed by atoms with E-state index in [2.05, 4.69) is 5.32 Å². The highest BCUT2D eigenvalue weighted by molar-refractivity contribution is 6.31. The topological polar surface area (TPSA) is 92.6 Å². The lowest BCUT2D eigenvalue weighted by atomic mass is 10.1. The molecule has 1 saturated heterocycles. The highest BCUT2D eigenvalue weighted by atomic mass is 35.5. The summed E-state index contributed by atoms with van der Waals surface area (Å²) >= 11 is 5.77. The van der Waals surface area contributed by atoms with E-state index >= 15 is 0 Å².